The number of rotatable bonds is 4. The maximum atomic E-state index is 8.77. The van der Waals surface area contributed by atoms with Crippen LogP contribution in [-0.2, 0) is 6.54 Å². The summed E-state index contributed by atoms with van der Waals surface area (Å²) in [6, 6.07) is 9.13. The average Bonchev–Trinajstić information content (AvgIpc) is 2.50. The SMILES string of the molecule is CCC1CN(Cc2cccc(C#CCCO)c2)CCN1C. The topological polar surface area (TPSA) is 26.7 Å². The smallest absolute Gasteiger partial charge is 0.0540 e. The van der Waals surface area contributed by atoms with E-state index in [1.54, 1.807) is 0 Å². The summed E-state index contributed by atoms with van der Waals surface area (Å²) in [7, 11) is 2.23. The summed E-state index contributed by atoms with van der Waals surface area (Å²) < 4.78 is 0. The monoisotopic (exact) mass is 286 g/mol. The van der Waals surface area contributed by atoms with E-state index in [4.69, 9.17) is 5.11 Å². The Hall–Kier alpha value is -1.34. The summed E-state index contributed by atoms with van der Waals surface area (Å²) in [6.07, 6.45) is 1.75. The summed E-state index contributed by atoms with van der Waals surface area (Å²) in [5.74, 6) is 6.10. The van der Waals surface area contributed by atoms with Crippen LogP contribution in [0.15, 0.2) is 24.3 Å². The first kappa shape index (κ1) is 16.0. The quantitative estimate of drug-likeness (QED) is 0.857. The highest BCUT2D eigenvalue weighted by Crippen LogP contribution is 2.14. The molecule has 0 amide bonds. The molecule has 1 aromatic rings. The van der Waals surface area contributed by atoms with Crippen LogP contribution in [0.2, 0.25) is 0 Å². The molecule has 2 rings (SSSR count). The highest BCUT2D eigenvalue weighted by molar-refractivity contribution is 5.37. The molecule has 1 unspecified atom stereocenters. The second kappa shape index (κ2) is 8.19. The van der Waals surface area contributed by atoms with E-state index in [1.807, 2.05) is 6.07 Å². The first-order valence-corrected chi connectivity index (χ1v) is 7.84. The fraction of sp³-hybridized carbons (Fsp3) is 0.556. The molecule has 3 nitrogen and oxygen atoms in total. The molecule has 0 radical (unpaired) electrons. The van der Waals surface area contributed by atoms with E-state index in [2.05, 4.69) is 53.8 Å². The molecule has 0 bridgehead atoms. The molecular formula is C18H26N2O. The molecule has 1 N–H and O–H groups in total. The highest BCUT2D eigenvalue weighted by atomic mass is 16.2. The van der Waals surface area contributed by atoms with Crippen LogP contribution < -0.4 is 0 Å². The van der Waals surface area contributed by atoms with Gasteiger partial charge in [0, 0.05) is 44.2 Å². The van der Waals surface area contributed by atoms with Crippen LogP contribution in [0.1, 0.15) is 30.9 Å². The molecule has 1 fully saturated rings. The first-order valence-electron chi connectivity index (χ1n) is 7.84. The van der Waals surface area contributed by atoms with E-state index in [1.165, 1.54) is 12.0 Å². The summed E-state index contributed by atoms with van der Waals surface area (Å²) >= 11 is 0. The first-order chi connectivity index (χ1) is 10.2. The van der Waals surface area contributed by atoms with E-state index < -0.39 is 0 Å². The van der Waals surface area contributed by atoms with Gasteiger partial charge in [0.2, 0.25) is 0 Å². The Morgan fingerprint density at radius 3 is 2.95 bits per heavy atom. The fourth-order valence-electron chi connectivity index (χ4n) is 2.82. The van der Waals surface area contributed by atoms with Gasteiger partial charge in [-0.1, -0.05) is 30.9 Å². The van der Waals surface area contributed by atoms with Gasteiger partial charge in [0.1, 0.15) is 0 Å². The van der Waals surface area contributed by atoms with Crippen molar-refractivity contribution in [2.45, 2.75) is 32.4 Å². The molecule has 3 heteroatoms. The zero-order chi connectivity index (χ0) is 15.1. The average molecular weight is 286 g/mol. The van der Waals surface area contributed by atoms with Gasteiger partial charge in [-0.25, -0.2) is 0 Å². The largest absolute Gasteiger partial charge is 0.395 e. The molecule has 0 aliphatic carbocycles. The van der Waals surface area contributed by atoms with Crippen molar-refractivity contribution in [3.05, 3.63) is 35.4 Å². The Morgan fingerprint density at radius 2 is 2.19 bits per heavy atom. The van der Waals surface area contributed by atoms with Crippen molar-refractivity contribution in [2.75, 3.05) is 33.3 Å². The molecule has 1 saturated heterocycles. The van der Waals surface area contributed by atoms with Crippen LogP contribution in [0.3, 0.4) is 0 Å². The predicted octanol–water partition coefficient (Wildman–Crippen LogP) is 1.95. The lowest BCUT2D eigenvalue weighted by molar-refractivity contribution is 0.0884. The third-order valence-corrected chi connectivity index (χ3v) is 4.14. The lowest BCUT2D eigenvalue weighted by Crippen LogP contribution is -2.50. The summed E-state index contributed by atoms with van der Waals surface area (Å²) in [5, 5.41) is 8.77. The van der Waals surface area contributed by atoms with Gasteiger partial charge < -0.3 is 10.0 Å². The highest BCUT2D eigenvalue weighted by Gasteiger charge is 2.22. The number of likely N-dealkylation sites (N-methyl/N-ethyl adjacent to an activating group) is 1. The van der Waals surface area contributed by atoms with Gasteiger partial charge >= 0.3 is 0 Å². The van der Waals surface area contributed by atoms with Crippen molar-refractivity contribution >= 4 is 0 Å². The van der Waals surface area contributed by atoms with E-state index in [0.29, 0.717) is 12.5 Å². The standard InChI is InChI=1S/C18H26N2O/c1-3-18-15-20(11-10-19(18)2)14-17-9-6-8-16(13-17)7-4-5-12-21/h6,8-9,13,18,21H,3,5,10-12,14-15H2,1-2H3. The van der Waals surface area contributed by atoms with Gasteiger partial charge in [-0.05, 0) is 31.2 Å². The van der Waals surface area contributed by atoms with E-state index in [9.17, 15) is 0 Å². The Bertz CT molecular complexity index is 503. The van der Waals surface area contributed by atoms with Crippen molar-refractivity contribution in [2.24, 2.45) is 0 Å². The molecule has 0 spiro atoms. The molecule has 114 valence electrons. The van der Waals surface area contributed by atoms with Gasteiger partial charge in [-0.2, -0.15) is 0 Å². The Morgan fingerprint density at radius 1 is 1.33 bits per heavy atom. The van der Waals surface area contributed by atoms with Crippen molar-refractivity contribution in [3.8, 4) is 11.8 Å². The lowest BCUT2D eigenvalue weighted by Gasteiger charge is -2.39. The number of nitrogens with zero attached hydrogens (tertiary/aromatic N) is 2. The lowest BCUT2D eigenvalue weighted by atomic mass is 10.1. The van der Waals surface area contributed by atoms with Crippen molar-refractivity contribution < 1.29 is 5.11 Å². The van der Waals surface area contributed by atoms with Crippen LogP contribution in [0.5, 0.6) is 0 Å². The molecule has 1 aromatic carbocycles. The van der Waals surface area contributed by atoms with Gasteiger partial charge in [0.05, 0.1) is 6.61 Å². The third kappa shape index (κ3) is 4.86. The number of piperazine rings is 1. The summed E-state index contributed by atoms with van der Waals surface area (Å²) in [4.78, 5) is 5.00. The third-order valence-electron chi connectivity index (χ3n) is 4.14. The van der Waals surface area contributed by atoms with Crippen LogP contribution in [0.4, 0.5) is 0 Å². The van der Waals surface area contributed by atoms with Crippen LogP contribution in [-0.4, -0.2) is 54.2 Å². The molecule has 0 aromatic heterocycles. The number of aliphatic hydroxyl groups is 1. The van der Waals surface area contributed by atoms with Crippen LogP contribution in [0, 0.1) is 11.8 Å². The molecule has 1 aliphatic heterocycles. The predicted molar refractivity (Wildman–Crippen MR) is 87.0 cm³/mol. The minimum Gasteiger partial charge on any atom is -0.395 e. The number of hydrogen-bond donors (Lipinski definition) is 1. The van der Waals surface area contributed by atoms with Crippen molar-refractivity contribution in [3.63, 3.8) is 0 Å². The molecule has 1 aliphatic rings. The van der Waals surface area contributed by atoms with Crippen LogP contribution in [0.25, 0.3) is 0 Å². The van der Waals surface area contributed by atoms with Gasteiger partial charge in [0.15, 0.2) is 0 Å². The van der Waals surface area contributed by atoms with Gasteiger partial charge in [-0.3, -0.25) is 4.90 Å². The Balaban J connectivity index is 1.97. The number of benzene rings is 1. The second-order valence-corrected chi connectivity index (χ2v) is 5.75. The second-order valence-electron chi connectivity index (χ2n) is 5.75. The Labute approximate surface area is 128 Å². The number of aliphatic hydroxyl groups excluding tert-OH is 1. The van der Waals surface area contributed by atoms with Crippen LogP contribution >= 0.6 is 0 Å². The minimum absolute atomic E-state index is 0.131. The summed E-state index contributed by atoms with van der Waals surface area (Å²) in [5.41, 5.74) is 2.37. The van der Waals surface area contributed by atoms with E-state index in [-0.39, 0.29) is 6.61 Å². The summed E-state index contributed by atoms with van der Waals surface area (Å²) in [6.45, 7) is 6.82. The molecule has 1 heterocycles. The van der Waals surface area contributed by atoms with Gasteiger partial charge in [0.25, 0.3) is 0 Å². The van der Waals surface area contributed by atoms with E-state index >= 15 is 0 Å². The molecule has 21 heavy (non-hydrogen) atoms. The molecular weight excluding hydrogens is 260 g/mol. The molecule has 1 atom stereocenters. The van der Waals surface area contributed by atoms with Gasteiger partial charge in [-0.15, -0.1) is 0 Å². The Kier molecular flexibility index (Phi) is 6.25. The van der Waals surface area contributed by atoms with Crippen molar-refractivity contribution in [1.29, 1.82) is 0 Å². The zero-order valence-electron chi connectivity index (χ0n) is 13.2. The minimum atomic E-state index is 0.131. The maximum absolute atomic E-state index is 8.77. The zero-order valence-corrected chi connectivity index (χ0v) is 13.2. The van der Waals surface area contributed by atoms with E-state index in [0.717, 1.165) is 31.7 Å². The maximum Gasteiger partial charge on any atom is 0.0540 e. The normalized spacial score (nSPS) is 20.0. The molecule has 0 saturated carbocycles. The number of hydrogen-bond acceptors (Lipinski definition) is 3. The fourth-order valence-corrected chi connectivity index (χ4v) is 2.82. The van der Waals surface area contributed by atoms with Crippen molar-refractivity contribution in [1.82, 2.24) is 9.80 Å².